The maximum atomic E-state index is 13.0. The maximum Gasteiger partial charge on any atom is 0.416 e. The lowest BCUT2D eigenvalue weighted by atomic mass is 10.0. The van der Waals surface area contributed by atoms with E-state index in [1.165, 1.54) is 6.07 Å². The van der Waals surface area contributed by atoms with Crippen molar-refractivity contribution in [3.63, 3.8) is 0 Å². The third-order valence-electron chi connectivity index (χ3n) is 3.71. The summed E-state index contributed by atoms with van der Waals surface area (Å²) in [5, 5.41) is 0. The van der Waals surface area contributed by atoms with E-state index < -0.39 is 11.7 Å². The van der Waals surface area contributed by atoms with Crippen LogP contribution in [0.2, 0.25) is 0 Å². The number of alkyl halides is 3. The highest BCUT2D eigenvalue weighted by atomic mass is 19.4. The second-order valence-electron chi connectivity index (χ2n) is 5.66. The lowest BCUT2D eigenvalue weighted by Gasteiger charge is -2.13. The van der Waals surface area contributed by atoms with Gasteiger partial charge in [0.15, 0.2) is 5.78 Å². The van der Waals surface area contributed by atoms with Gasteiger partial charge in [0.1, 0.15) is 12.4 Å². The zero-order valence-electron chi connectivity index (χ0n) is 12.3. The molecule has 23 heavy (non-hydrogen) atoms. The summed E-state index contributed by atoms with van der Waals surface area (Å²) < 4.78 is 44.5. The highest BCUT2D eigenvalue weighted by Crippen LogP contribution is 2.37. The van der Waals surface area contributed by atoms with Gasteiger partial charge in [-0.2, -0.15) is 13.2 Å². The van der Waals surface area contributed by atoms with Crippen LogP contribution < -0.4 is 4.74 Å². The van der Waals surface area contributed by atoms with Crippen LogP contribution in [0.1, 0.15) is 34.3 Å². The molecule has 5 heteroatoms. The minimum atomic E-state index is -4.51. The first kappa shape index (κ1) is 15.6. The third kappa shape index (κ3) is 3.92. The van der Waals surface area contributed by atoms with E-state index in [2.05, 4.69) is 0 Å². The summed E-state index contributed by atoms with van der Waals surface area (Å²) in [6.07, 6.45) is -3.02. The highest BCUT2D eigenvalue weighted by Gasteiger charge is 2.35. The Kier molecular flexibility index (Phi) is 4.11. The van der Waals surface area contributed by atoms with Gasteiger partial charge in [0.25, 0.3) is 0 Å². The molecule has 0 saturated heterocycles. The largest absolute Gasteiger partial charge is 0.489 e. The minimum absolute atomic E-state index is 0.0627. The Balaban J connectivity index is 1.85. The fourth-order valence-electron chi connectivity index (χ4n) is 2.31. The summed E-state index contributed by atoms with van der Waals surface area (Å²) >= 11 is 0. The SMILES string of the molecule is O=C(c1cc(OCc2ccccc2)cc(C(F)(F)F)c1)C1CC1. The molecule has 0 spiro atoms. The molecule has 0 amide bonds. The van der Waals surface area contributed by atoms with Crippen molar-refractivity contribution < 1.29 is 22.7 Å². The van der Waals surface area contributed by atoms with Crippen LogP contribution in [-0.4, -0.2) is 5.78 Å². The Labute approximate surface area is 131 Å². The Morgan fingerprint density at radius 1 is 1.09 bits per heavy atom. The van der Waals surface area contributed by atoms with Crippen molar-refractivity contribution in [2.75, 3.05) is 0 Å². The smallest absolute Gasteiger partial charge is 0.416 e. The molecule has 1 aliphatic carbocycles. The van der Waals surface area contributed by atoms with Crippen molar-refractivity contribution >= 4 is 5.78 Å². The molecule has 120 valence electrons. The number of ether oxygens (including phenoxy) is 1. The molecule has 3 rings (SSSR count). The van der Waals surface area contributed by atoms with E-state index in [4.69, 9.17) is 4.74 Å². The van der Waals surface area contributed by atoms with Gasteiger partial charge in [0.2, 0.25) is 0 Å². The first-order chi connectivity index (χ1) is 10.9. The maximum absolute atomic E-state index is 13.0. The molecule has 1 saturated carbocycles. The van der Waals surface area contributed by atoms with Gasteiger partial charge < -0.3 is 4.74 Å². The molecule has 0 heterocycles. The van der Waals surface area contributed by atoms with Crippen molar-refractivity contribution in [1.82, 2.24) is 0 Å². The van der Waals surface area contributed by atoms with Gasteiger partial charge >= 0.3 is 6.18 Å². The van der Waals surface area contributed by atoms with Gasteiger partial charge in [-0.15, -0.1) is 0 Å². The van der Waals surface area contributed by atoms with Gasteiger partial charge in [0, 0.05) is 11.5 Å². The number of Topliss-reactive ketones (excluding diaryl/α,β-unsaturated/α-hetero) is 1. The van der Waals surface area contributed by atoms with Crippen molar-refractivity contribution in [1.29, 1.82) is 0 Å². The Morgan fingerprint density at radius 2 is 1.78 bits per heavy atom. The number of carbonyl (C=O) groups is 1. The van der Waals surface area contributed by atoms with Crippen LogP contribution in [0, 0.1) is 5.92 Å². The molecule has 0 N–H and O–H groups in total. The standard InChI is InChI=1S/C18H15F3O2/c19-18(20,21)15-8-14(17(22)13-6-7-13)9-16(10-15)23-11-12-4-2-1-3-5-12/h1-5,8-10,13H,6-7,11H2. The molecule has 0 aliphatic heterocycles. The van der Waals surface area contributed by atoms with Crippen molar-refractivity contribution in [3.8, 4) is 5.75 Å². The average Bonchev–Trinajstić information content (AvgIpc) is 3.37. The molecule has 0 aromatic heterocycles. The monoisotopic (exact) mass is 320 g/mol. The Bertz CT molecular complexity index is 704. The molecular formula is C18H15F3O2. The molecule has 2 aromatic carbocycles. The zero-order valence-corrected chi connectivity index (χ0v) is 12.3. The second-order valence-corrected chi connectivity index (χ2v) is 5.66. The lowest BCUT2D eigenvalue weighted by molar-refractivity contribution is -0.137. The van der Waals surface area contributed by atoms with E-state index >= 15 is 0 Å². The average molecular weight is 320 g/mol. The zero-order chi connectivity index (χ0) is 16.4. The van der Waals surface area contributed by atoms with Crippen LogP contribution in [-0.2, 0) is 12.8 Å². The molecule has 1 fully saturated rings. The second kappa shape index (κ2) is 6.07. The number of ketones is 1. The van der Waals surface area contributed by atoms with Gasteiger partial charge in [-0.05, 0) is 36.6 Å². The lowest BCUT2D eigenvalue weighted by Crippen LogP contribution is -2.10. The molecule has 0 bridgehead atoms. The number of halogens is 3. The van der Waals surface area contributed by atoms with Crippen LogP contribution in [0.5, 0.6) is 5.75 Å². The van der Waals surface area contributed by atoms with Gasteiger partial charge in [-0.25, -0.2) is 0 Å². The summed E-state index contributed by atoms with van der Waals surface area (Å²) in [5.74, 6) is -0.311. The fraction of sp³-hybridized carbons (Fsp3) is 0.278. The number of hydrogen-bond acceptors (Lipinski definition) is 2. The number of carbonyl (C=O) groups excluding carboxylic acids is 1. The van der Waals surface area contributed by atoms with E-state index in [0.29, 0.717) is 0 Å². The van der Waals surface area contributed by atoms with E-state index in [1.54, 1.807) is 0 Å². The molecule has 0 atom stereocenters. The number of benzene rings is 2. The molecule has 0 unspecified atom stereocenters. The molecule has 0 radical (unpaired) electrons. The number of rotatable bonds is 5. The normalized spacial score (nSPS) is 14.6. The van der Waals surface area contributed by atoms with Gasteiger partial charge in [-0.3, -0.25) is 4.79 Å². The van der Waals surface area contributed by atoms with Crippen molar-refractivity contribution in [2.24, 2.45) is 5.92 Å². The van der Waals surface area contributed by atoms with Crippen LogP contribution in [0.25, 0.3) is 0 Å². The van der Waals surface area contributed by atoms with Crippen LogP contribution in [0.3, 0.4) is 0 Å². The summed E-state index contributed by atoms with van der Waals surface area (Å²) in [7, 11) is 0. The minimum Gasteiger partial charge on any atom is -0.489 e. The molecular weight excluding hydrogens is 305 g/mol. The van der Waals surface area contributed by atoms with Crippen molar-refractivity contribution in [2.45, 2.75) is 25.6 Å². The molecule has 2 aromatic rings. The van der Waals surface area contributed by atoms with E-state index in [0.717, 1.165) is 30.5 Å². The number of hydrogen-bond donors (Lipinski definition) is 0. The molecule has 1 aliphatic rings. The quantitative estimate of drug-likeness (QED) is 0.734. The first-order valence-corrected chi connectivity index (χ1v) is 7.37. The van der Waals surface area contributed by atoms with Crippen LogP contribution in [0.15, 0.2) is 48.5 Å². The summed E-state index contributed by atoms with van der Waals surface area (Å²) in [6.45, 7) is 0.152. The van der Waals surface area contributed by atoms with Gasteiger partial charge in [0.05, 0.1) is 5.56 Å². The molecule has 2 nitrogen and oxygen atoms in total. The summed E-state index contributed by atoms with van der Waals surface area (Å²) in [6, 6.07) is 12.4. The summed E-state index contributed by atoms with van der Waals surface area (Å²) in [4.78, 5) is 12.1. The topological polar surface area (TPSA) is 26.3 Å². The predicted octanol–water partition coefficient (Wildman–Crippen LogP) is 4.88. The van der Waals surface area contributed by atoms with Crippen LogP contribution in [0.4, 0.5) is 13.2 Å². The third-order valence-corrected chi connectivity index (χ3v) is 3.71. The van der Waals surface area contributed by atoms with Crippen LogP contribution >= 0.6 is 0 Å². The first-order valence-electron chi connectivity index (χ1n) is 7.37. The van der Waals surface area contributed by atoms with E-state index in [1.807, 2.05) is 30.3 Å². The Hall–Kier alpha value is -2.30. The van der Waals surface area contributed by atoms with Gasteiger partial charge in [-0.1, -0.05) is 30.3 Å². The predicted molar refractivity (Wildman–Crippen MR) is 79.3 cm³/mol. The van der Waals surface area contributed by atoms with E-state index in [9.17, 15) is 18.0 Å². The highest BCUT2D eigenvalue weighted by molar-refractivity contribution is 5.99. The summed E-state index contributed by atoms with van der Waals surface area (Å²) in [5.41, 5.74) is 0.0671. The van der Waals surface area contributed by atoms with Crippen molar-refractivity contribution in [3.05, 3.63) is 65.2 Å². The Morgan fingerprint density at radius 3 is 2.39 bits per heavy atom. The van der Waals surface area contributed by atoms with E-state index in [-0.39, 0.29) is 29.6 Å². The fourth-order valence-corrected chi connectivity index (χ4v) is 2.31.